The SMILES string of the molecule is CCCCCCCCCCC(=O)N[C@@H](Cc1ccc(O)cc1)C(=O)N[C@@H](Cc1cnc[nH]1)C(=O)N[C@@H](Cc1ccc(O)cc1)C(=O)NO. The van der Waals surface area contributed by atoms with Crippen LogP contribution in [0, 0.1) is 0 Å². The Bertz CT molecular complexity index is 1410. The number of benzene rings is 2. The molecule has 2 aromatic carbocycles. The van der Waals surface area contributed by atoms with E-state index in [0.29, 0.717) is 23.2 Å². The van der Waals surface area contributed by atoms with Crippen molar-refractivity contribution in [2.45, 2.75) is 102 Å². The summed E-state index contributed by atoms with van der Waals surface area (Å²) in [5.41, 5.74) is 3.38. The van der Waals surface area contributed by atoms with Gasteiger partial charge in [-0.25, -0.2) is 10.5 Å². The highest BCUT2D eigenvalue weighted by Crippen LogP contribution is 2.14. The Hall–Kier alpha value is -4.91. The zero-order valence-corrected chi connectivity index (χ0v) is 27.4. The zero-order valence-electron chi connectivity index (χ0n) is 27.4. The first kappa shape index (κ1) is 37.5. The molecular formula is C35H48N6O7. The first-order chi connectivity index (χ1) is 23.2. The molecule has 0 fully saturated rings. The van der Waals surface area contributed by atoms with E-state index in [1.165, 1.54) is 62.5 Å². The minimum absolute atomic E-state index is 0.0115. The van der Waals surface area contributed by atoms with Crippen molar-refractivity contribution in [2.24, 2.45) is 0 Å². The summed E-state index contributed by atoms with van der Waals surface area (Å²) in [7, 11) is 0. The van der Waals surface area contributed by atoms with E-state index in [2.05, 4.69) is 32.8 Å². The van der Waals surface area contributed by atoms with Gasteiger partial charge in [0.25, 0.3) is 5.91 Å². The maximum atomic E-state index is 13.8. The number of aromatic amines is 1. The van der Waals surface area contributed by atoms with E-state index < -0.39 is 35.8 Å². The molecule has 1 heterocycles. The Morgan fingerprint density at radius 3 is 1.62 bits per heavy atom. The van der Waals surface area contributed by atoms with Gasteiger partial charge >= 0.3 is 0 Å². The summed E-state index contributed by atoms with van der Waals surface area (Å²) >= 11 is 0. The molecule has 48 heavy (non-hydrogen) atoms. The lowest BCUT2D eigenvalue weighted by atomic mass is 10.0. The van der Waals surface area contributed by atoms with Crippen molar-refractivity contribution in [1.82, 2.24) is 31.4 Å². The fraction of sp³-hybridized carbons (Fsp3) is 0.457. The van der Waals surface area contributed by atoms with Crippen LogP contribution in [0.1, 0.15) is 81.5 Å². The summed E-state index contributed by atoms with van der Waals surface area (Å²) in [6.07, 6.45) is 11.9. The molecule has 0 saturated carbocycles. The molecule has 0 spiro atoms. The van der Waals surface area contributed by atoms with Crippen molar-refractivity contribution in [3.63, 3.8) is 0 Å². The number of hydrogen-bond donors (Lipinski definition) is 8. The number of hydroxylamine groups is 1. The number of nitrogens with one attached hydrogen (secondary N) is 5. The molecule has 0 bridgehead atoms. The van der Waals surface area contributed by atoms with Gasteiger partial charge in [-0.15, -0.1) is 0 Å². The molecule has 0 radical (unpaired) electrons. The summed E-state index contributed by atoms with van der Waals surface area (Å²) in [6.45, 7) is 2.18. The van der Waals surface area contributed by atoms with Gasteiger partial charge in [-0.1, -0.05) is 76.1 Å². The quantitative estimate of drug-likeness (QED) is 0.0480. The molecule has 1 aromatic heterocycles. The van der Waals surface area contributed by atoms with Gasteiger partial charge in [0.2, 0.25) is 17.7 Å². The van der Waals surface area contributed by atoms with E-state index in [0.717, 1.165) is 19.3 Å². The topological polar surface area (TPSA) is 206 Å². The Kier molecular flexibility index (Phi) is 15.9. The number of H-pyrrole nitrogens is 1. The minimum Gasteiger partial charge on any atom is -0.508 e. The normalized spacial score (nSPS) is 12.8. The van der Waals surface area contributed by atoms with Crippen LogP contribution < -0.4 is 21.4 Å². The summed E-state index contributed by atoms with van der Waals surface area (Å²) in [6, 6.07) is 8.84. The molecule has 0 saturated heterocycles. The number of hydrogen-bond acceptors (Lipinski definition) is 8. The fourth-order valence-corrected chi connectivity index (χ4v) is 5.29. The van der Waals surface area contributed by atoms with E-state index >= 15 is 0 Å². The predicted molar refractivity (Wildman–Crippen MR) is 179 cm³/mol. The summed E-state index contributed by atoms with van der Waals surface area (Å²) in [4.78, 5) is 59.8. The lowest BCUT2D eigenvalue weighted by Gasteiger charge is -2.25. The number of phenols is 2. The molecule has 3 aromatic rings. The molecule has 0 aliphatic carbocycles. The third-order valence-corrected chi connectivity index (χ3v) is 8.02. The van der Waals surface area contributed by atoms with Crippen LogP contribution in [-0.4, -0.2) is 67.1 Å². The van der Waals surface area contributed by atoms with Crippen LogP contribution >= 0.6 is 0 Å². The van der Waals surface area contributed by atoms with E-state index in [-0.39, 0.29) is 43.1 Å². The molecule has 8 N–H and O–H groups in total. The number of unbranched alkanes of at least 4 members (excludes halogenated alkanes) is 7. The Labute approximate surface area is 280 Å². The number of amides is 4. The number of aromatic hydroxyl groups is 2. The highest BCUT2D eigenvalue weighted by Gasteiger charge is 2.30. The number of nitrogens with zero attached hydrogens (tertiary/aromatic N) is 1. The van der Waals surface area contributed by atoms with Crippen LogP contribution in [0.25, 0.3) is 0 Å². The molecule has 0 aliphatic heterocycles. The van der Waals surface area contributed by atoms with Crippen LogP contribution in [0.2, 0.25) is 0 Å². The second-order valence-corrected chi connectivity index (χ2v) is 12.0. The van der Waals surface area contributed by atoms with Gasteiger partial charge in [-0.2, -0.15) is 0 Å². The first-order valence-electron chi connectivity index (χ1n) is 16.6. The van der Waals surface area contributed by atoms with E-state index in [4.69, 9.17) is 0 Å². The molecule has 13 heteroatoms. The van der Waals surface area contributed by atoms with Gasteiger partial charge in [-0.05, 0) is 41.8 Å². The van der Waals surface area contributed by atoms with Crippen molar-refractivity contribution >= 4 is 23.6 Å². The smallest absolute Gasteiger partial charge is 0.266 e. The maximum absolute atomic E-state index is 13.8. The van der Waals surface area contributed by atoms with Crippen molar-refractivity contribution < 1.29 is 34.6 Å². The van der Waals surface area contributed by atoms with Gasteiger partial charge in [0.05, 0.1) is 6.33 Å². The first-order valence-corrected chi connectivity index (χ1v) is 16.6. The minimum atomic E-state index is -1.22. The van der Waals surface area contributed by atoms with Crippen molar-refractivity contribution in [2.75, 3.05) is 0 Å². The second-order valence-electron chi connectivity index (χ2n) is 12.0. The average Bonchev–Trinajstić information content (AvgIpc) is 3.59. The number of imidazole rings is 1. The standard InChI is InChI=1S/C35H48N6O7/c1-2-3-4-5-6-7-8-9-10-32(44)38-29(19-24-11-15-27(42)16-12-24)33(45)40-31(21-26-22-36-23-37-26)34(46)39-30(35(47)41-48)20-25-13-17-28(43)18-14-25/h11-18,22-23,29-31,42-43,48H,2-10,19-21H2,1H3,(H,36,37)(H,38,44)(H,39,46)(H,40,45)(H,41,47)/t29-,30-,31-/m0/s1. The molecule has 0 unspecified atom stereocenters. The molecule has 3 rings (SSSR count). The number of carbonyl (C=O) groups is 4. The molecule has 0 aliphatic rings. The van der Waals surface area contributed by atoms with E-state index in [1.54, 1.807) is 29.7 Å². The average molecular weight is 665 g/mol. The van der Waals surface area contributed by atoms with E-state index in [9.17, 15) is 34.6 Å². The van der Waals surface area contributed by atoms with Gasteiger partial charge < -0.3 is 31.1 Å². The van der Waals surface area contributed by atoms with Crippen LogP contribution in [0.5, 0.6) is 11.5 Å². The van der Waals surface area contributed by atoms with E-state index in [1.807, 2.05) is 0 Å². The Balaban J connectivity index is 1.72. The maximum Gasteiger partial charge on any atom is 0.266 e. The third-order valence-electron chi connectivity index (χ3n) is 8.02. The van der Waals surface area contributed by atoms with Gasteiger partial charge in [-0.3, -0.25) is 24.4 Å². The zero-order chi connectivity index (χ0) is 34.7. The largest absolute Gasteiger partial charge is 0.508 e. The highest BCUT2D eigenvalue weighted by molar-refractivity contribution is 5.94. The lowest BCUT2D eigenvalue weighted by Crippen LogP contribution is -2.58. The van der Waals surface area contributed by atoms with Gasteiger partial charge in [0, 0.05) is 37.6 Å². The molecule has 260 valence electrons. The number of phenolic OH excluding ortho intramolecular Hbond substituents is 2. The molecule has 3 atom stereocenters. The Morgan fingerprint density at radius 2 is 1.15 bits per heavy atom. The summed E-state index contributed by atoms with van der Waals surface area (Å²) in [5.74, 6) is -2.40. The summed E-state index contributed by atoms with van der Waals surface area (Å²) < 4.78 is 0. The van der Waals surface area contributed by atoms with Gasteiger partial charge in [0.15, 0.2) is 0 Å². The third kappa shape index (κ3) is 13.4. The van der Waals surface area contributed by atoms with Crippen LogP contribution in [0.15, 0.2) is 61.1 Å². The van der Waals surface area contributed by atoms with Crippen molar-refractivity contribution in [1.29, 1.82) is 0 Å². The summed E-state index contributed by atoms with van der Waals surface area (Å²) in [5, 5.41) is 36.8. The number of carbonyl (C=O) groups excluding carboxylic acids is 4. The molecule has 4 amide bonds. The van der Waals surface area contributed by atoms with Crippen molar-refractivity contribution in [3.05, 3.63) is 77.9 Å². The molecular weight excluding hydrogens is 616 g/mol. The molecule has 13 nitrogen and oxygen atoms in total. The number of aromatic nitrogens is 2. The lowest BCUT2D eigenvalue weighted by molar-refractivity contribution is -0.136. The van der Waals surface area contributed by atoms with Crippen LogP contribution in [-0.2, 0) is 38.4 Å². The highest BCUT2D eigenvalue weighted by atomic mass is 16.5. The number of rotatable bonds is 21. The van der Waals surface area contributed by atoms with Gasteiger partial charge in [0.1, 0.15) is 29.6 Å². The van der Waals surface area contributed by atoms with Crippen molar-refractivity contribution in [3.8, 4) is 11.5 Å². The monoisotopic (exact) mass is 664 g/mol. The van der Waals surface area contributed by atoms with Crippen LogP contribution in [0.3, 0.4) is 0 Å². The predicted octanol–water partition coefficient (Wildman–Crippen LogP) is 3.34. The van der Waals surface area contributed by atoms with Crippen LogP contribution in [0.4, 0.5) is 0 Å². The second kappa shape index (κ2) is 20.4. The Morgan fingerprint density at radius 1 is 0.667 bits per heavy atom. The fourth-order valence-electron chi connectivity index (χ4n) is 5.29.